The molecule has 4 aromatic rings. The van der Waals surface area contributed by atoms with E-state index in [9.17, 15) is 19.5 Å². The monoisotopic (exact) mass is 695 g/mol. The van der Waals surface area contributed by atoms with Gasteiger partial charge in [-0.1, -0.05) is 82.9 Å². The predicted molar refractivity (Wildman–Crippen MR) is 199 cm³/mol. The van der Waals surface area contributed by atoms with Gasteiger partial charge in [0.15, 0.2) is 11.6 Å². The minimum Gasteiger partial charge on any atom is -0.494 e. The number of carboxylic acid groups (broad SMARTS) is 1. The van der Waals surface area contributed by atoms with Gasteiger partial charge in [0.05, 0.1) is 11.5 Å². The van der Waals surface area contributed by atoms with Crippen molar-refractivity contribution in [2.45, 2.75) is 91.0 Å². The number of benzene rings is 2. The van der Waals surface area contributed by atoms with Gasteiger partial charge >= 0.3 is 5.97 Å². The van der Waals surface area contributed by atoms with E-state index in [-0.39, 0.29) is 18.1 Å². The van der Waals surface area contributed by atoms with Crippen LogP contribution < -0.4 is 4.74 Å². The lowest BCUT2D eigenvalue weighted by Crippen LogP contribution is -2.44. The Hall–Kier alpha value is -4.37. The van der Waals surface area contributed by atoms with Crippen LogP contribution in [0.1, 0.15) is 92.3 Å². The first-order chi connectivity index (χ1) is 24.2. The third kappa shape index (κ3) is 10.1. The molecule has 264 valence electrons. The smallest absolute Gasteiger partial charge is 0.326 e. The first-order valence-corrected chi connectivity index (χ1v) is 18.8. The lowest BCUT2D eigenvalue weighted by atomic mass is 9.91. The number of carbonyl (C=O) groups excluding carboxylic acids is 2. The highest BCUT2D eigenvalue weighted by Crippen LogP contribution is 2.29. The number of amides is 1. The Morgan fingerprint density at radius 2 is 1.58 bits per heavy atom. The van der Waals surface area contributed by atoms with Gasteiger partial charge in [-0.2, -0.15) is 0 Å². The standard InChI is InChI=1S/C41H49N3O5S/c1-4-5-6-7-8-22-49-34-17-15-30(16-18-34)33-26-42-39(43-27-33)31-13-11-29(12-14-31)24-32(40(46)44-21-9-10-36(44)41(47)48)25-37(45)38-20-19-35(50-38)23-28(2)3/h11-20,26-28,32,36H,4-10,21-25H2,1-3H3,(H,47,48)/t32-,36+/m1/s1. The lowest BCUT2D eigenvalue weighted by molar-refractivity contribution is -0.149. The molecule has 8 nitrogen and oxygen atoms in total. The van der Waals surface area contributed by atoms with Crippen LogP contribution in [0.5, 0.6) is 5.75 Å². The van der Waals surface area contributed by atoms with Crippen LogP contribution >= 0.6 is 11.3 Å². The summed E-state index contributed by atoms with van der Waals surface area (Å²) in [6.45, 7) is 7.62. The fourth-order valence-electron chi connectivity index (χ4n) is 6.47. The fourth-order valence-corrected chi connectivity index (χ4v) is 7.64. The van der Waals surface area contributed by atoms with Crippen LogP contribution in [0.4, 0.5) is 0 Å². The van der Waals surface area contributed by atoms with Crippen molar-refractivity contribution in [1.29, 1.82) is 0 Å². The molecule has 0 bridgehead atoms. The van der Waals surface area contributed by atoms with Crippen molar-refractivity contribution in [2.24, 2.45) is 11.8 Å². The molecule has 0 aliphatic carbocycles. The molecular formula is C41H49N3O5S. The molecule has 0 unspecified atom stereocenters. The number of ketones is 1. The highest BCUT2D eigenvalue weighted by atomic mass is 32.1. The average Bonchev–Trinajstić information content (AvgIpc) is 3.80. The first kappa shape index (κ1) is 36.9. The Morgan fingerprint density at radius 3 is 2.26 bits per heavy atom. The number of hydrogen-bond acceptors (Lipinski definition) is 7. The van der Waals surface area contributed by atoms with E-state index in [4.69, 9.17) is 4.74 Å². The quantitative estimate of drug-likeness (QED) is 0.0818. The van der Waals surface area contributed by atoms with Crippen molar-refractivity contribution in [2.75, 3.05) is 13.2 Å². The van der Waals surface area contributed by atoms with Crippen molar-refractivity contribution in [1.82, 2.24) is 14.9 Å². The Bertz CT molecular complexity index is 1700. The van der Waals surface area contributed by atoms with E-state index >= 15 is 0 Å². The number of thiophene rings is 1. The van der Waals surface area contributed by atoms with Crippen LogP contribution in [0.25, 0.3) is 22.5 Å². The van der Waals surface area contributed by atoms with Crippen LogP contribution in [0.2, 0.25) is 0 Å². The molecule has 50 heavy (non-hydrogen) atoms. The van der Waals surface area contributed by atoms with Crippen LogP contribution in [-0.2, 0) is 22.4 Å². The van der Waals surface area contributed by atoms with Gasteiger partial charge in [0.2, 0.25) is 5.91 Å². The van der Waals surface area contributed by atoms with Gasteiger partial charge in [-0.25, -0.2) is 14.8 Å². The third-order valence-electron chi connectivity index (χ3n) is 9.20. The number of ether oxygens (including phenoxy) is 1. The number of carbonyl (C=O) groups is 3. The van der Waals surface area contributed by atoms with E-state index in [0.29, 0.717) is 42.4 Å². The number of aliphatic carboxylic acids is 1. The predicted octanol–water partition coefficient (Wildman–Crippen LogP) is 8.93. The summed E-state index contributed by atoms with van der Waals surface area (Å²) in [6, 6.07) is 18.7. The SMILES string of the molecule is CCCCCCCOc1ccc(-c2cnc(-c3ccc(C[C@H](CC(=O)c4ccc(CC(C)C)s4)C(=O)N4CCC[C@H]4C(=O)O)cc3)nc2)cc1. The normalized spacial score (nSPS) is 15.0. The van der Waals surface area contributed by atoms with Gasteiger partial charge in [-0.3, -0.25) is 9.59 Å². The molecule has 1 aliphatic heterocycles. The molecule has 1 amide bonds. The number of aromatic nitrogens is 2. The topological polar surface area (TPSA) is 110 Å². The highest BCUT2D eigenvalue weighted by Gasteiger charge is 2.38. The maximum atomic E-state index is 13.8. The summed E-state index contributed by atoms with van der Waals surface area (Å²) in [5.74, 6) is -0.0918. The zero-order valence-electron chi connectivity index (χ0n) is 29.5. The van der Waals surface area contributed by atoms with Gasteiger partial charge in [-0.15, -0.1) is 11.3 Å². The Kier molecular flexibility index (Phi) is 13.3. The zero-order chi connectivity index (χ0) is 35.5. The Labute approximate surface area is 299 Å². The van der Waals surface area contributed by atoms with Gasteiger partial charge in [0, 0.05) is 47.3 Å². The molecule has 2 atom stereocenters. The number of hydrogen-bond donors (Lipinski definition) is 1. The van der Waals surface area contributed by atoms with E-state index in [1.165, 1.54) is 41.9 Å². The van der Waals surface area contributed by atoms with Crippen molar-refractivity contribution in [3.05, 3.63) is 88.4 Å². The molecule has 5 rings (SSSR count). The van der Waals surface area contributed by atoms with Gasteiger partial charge in [-0.05, 0) is 73.4 Å². The minimum absolute atomic E-state index is 0.0295. The summed E-state index contributed by atoms with van der Waals surface area (Å²) in [7, 11) is 0. The largest absolute Gasteiger partial charge is 0.494 e. The molecule has 1 fully saturated rings. The maximum Gasteiger partial charge on any atom is 0.326 e. The van der Waals surface area contributed by atoms with E-state index in [0.717, 1.165) is 52.3 Å². The zero-order valence-corrected chi connectivity index (χ0v) is 30.3. The maximum absolute atomic E-state index is 13.8. The molecule has 0 saturated carbocycles. The van der Waals surface area contributed by atoms with E-state index in [1.807, 2.05) is 73.1 Å². The highest BCUT2D eigenvalue weighted by molar-refractivity contribution is 7.14. The van der Waals surface area contributed by atoms with Crippen LogP contribution in [0, 0.1) is 11.8 Å². The number of carboxylic acids is 1. The molecule has 1 aliphatic rings. The molecule has 0 spiro atoms. The van der Waals surface area contributed by atoms with Gasteiger partial charge in [0.1, 0.15) is 11.8 Å². The van der Waals surface area contributed by atoms with E-state index in [2.05, 4.69) is 30.7 Å². The number of likely N-dealkylation sites (tertiary alicyclic amines) is 1. The second-order valence-electron chi connectivity index (χ2n) is 13.7. The van der Waals surface area contributed by atoms with Crippen LogP contribution in [0.15, 0.2) is 73.1 Å². The summed E-state index contributed by atoms with van der Waals surface area (Å²) >= 11 is 1.48. The number of rotatable bonds is 18. The van der Waals surface area contributed by atoms with E-state index in [1.54, 1.807) is 0 Å². The fraction of sp³-hybridized carbons (Fsp3) is 0.439. The number of Topliss-reactive ketones (excluding diaryl/α,β-unsaturated/α-hetero) is 1. The first-order valence-electron chi connectivity index (χ1n) is 18.0. The van der Waals surface area contributed by atoms with Crippen molar-refractivity contribution < 1.29 is 24.2 Å². The van der Waals surface area contributed by atoms with Crippen LogP contribution in [0.3, 0.4) is 0 Å². The number of nitrogens with zero attached hydrogens (tertiary/aromatic N) is 3. The lowest BCUT2D eigenvalue weighted by Gasteiger charge is -2.26. The average molecular weight is 696 g/mol. The molecule has 2 aromatic heterocycles. The summed E-state index contributed by atoms with van der Waals surface area (Å²) in [5, 5.41) is 9.75. The summed E-state index contributed by atoms with van der Waals surface area (Å²) < 4.78 is 5.90. The molecule has 0 radical (unpaired) electrons. The second kappa shape index (κ2) is 18.0. The van der Waals surface area contributed by atoms with Crippen molar-refractivity contribution >= 4 is 29.0 Å². The molecular weight excluding hydrogens is 647 g/mol. The molecule has 1 saturated heterocycles. The second-order valence-corrected chi connectivity index (χ2v) is 14.9. The minimum atomic E-state index is -0.998. The summed E-state index contributed by atoms with van der Waals surface area (Å²) in [6.07, 6.45) is 12.0. The van der Waals surface area contributed by atoms with Gasteiger partial charge < -0.3 is 14.7 Å². The summed E-state index contributed by atoms with van der Waals surface area (Å²) in [5.41, 5.74) is 3.64. The molecule has 3 heterocycles. The van der Waals surface area contributed by atoms with Crippen molar-refractivity contribution in [3.8, 4) is 28.3 Å². The Morgan fingerprint density at radius 1 is 0.880 bits per heavy atom. The number of unbranched alkanes of at least 4 members (excludes halogenated alkanes) is 4. The van der Waals surface area contributed by atoms with Crippen LogP contribution in [-0.4, -0.2) is 56.8 Å². The third-order valence-corrected chi connectivity index (χ3v) is 10.3. The molecule has 2 aromatic carbocycles. The Balaban J connectivity index is 1.23. The van der Waals surface area contributed by atoms with Crippen molar-refractivity contribution in [3.63, 3.8) is 0 Å². The molecule has 9 heteroatoms. The van der Waals surface area contributed by atoms with E-state index < -0.39 is 17.9 Å². The van der Waals surface area contributed by atoms with Gasteiger partial charge in [0.25, 0.3) is 0 Å². The molecule has 1 N–H and O–H groups in total. The summed E-state index contributed by atoms with van der Waals surface area (Å²) in [4.78, 5) is 51.7.